The molecule has 1 aliphatic heterocycles. The minimum atomic E-state index is 0.619. The van der Waals surface area contributed by atoms with Crippen molar-refractivity contribution in [3.8, 4) is 0 Å². The molecule has 1 saturated heterocycles. The Morgan fingerprint density at radius 1 is 1.00 bits per heavy atom. The molecular formula is C18H32N2. The minimum absolute atomic E-state index is 0.619. The number of rotatable bonds is 2. The highest BCUT2D eigenvalue weighted by Crippen LogP contribution is 2.57. The van der Waals surface area contributed by atoms with Gasteiger partial charge in [0.1, 0.15) is 0 Å². The average molecular weight is 276 g/mol. The SMILES string of the molecule is CC(C)C1CN(C23CC4CC(CC(C4)C2)C3)CCCN1. The van der Waals surface area contributed by atoms with E-state index in [0.717, 1.165) is 23.7 Å². The van der Waals surface area contributed by atoms with Gasteiger partial charge in [-0.15, -0.1) is 0 Å². The molecule has 0 radical (unpaired) electrons. The van der Waals surface area contributed by atoms with Crippen molar-refractivity contribution in [2.45, 2.75) is 70.4 Å². The summed E-state index contributed by atoms with van der Waals surface area (Å²) in [6.45, 7) is 8.67. The van der Waals surface area contributed by atoms with E-state index >= 15 is 0 Å². The van der Waals surface area contributed by atoms with Crippen molar-refractivity contribution in [3.63, 3.8) is 0 Å². The van der Waals surface area contributed by atoms with Crippen LogP contribution in [0.4, 0.5) is 0 Å². The predicted molar refractivity (Wildman–Crippen MR) is 83.7 cm³/mol. The van der Waals surface area contributed by atoms with E-state index in [4.69, 9.17) is 0 Å². The molecule has 2 nitrogen and oxygen atoms in total. The Kier molecular flexibility index (Phi) is 3.38. The first-order chi connectivity index (χ1) is 9.64. The lowest BCUT2D eigenvalue weighted by Crippen LogP contribution is -2.61. The molecule has 4 aliphatic carbocycles. The van der Waals surface area contributed by atoms with Crippen LogP contribution in [0.25, 0.3) is 0 Å². The Labute approximate surface area is 124 Å². The second-order valence-electron chi connectivity index (χ2n) is 8.75. The fourth-order valence-corrected chi connectivity index (χ4v) is 6.28. The summed E-state index contributed by atoms with van der Waals surface area (Å²) in [5.74, 6) is 4.00. The van der Waals surface area contributed by atoms with E-state index < -0.39 is 0 Å². The van der Waals surface area contributed by atoms with Crippen LogP contribution in [0.2, 0.25) is 0 Å². The molecule has 0 aromatic heterocycles. The van der Waals surface area contributed by atoms with Gasteiger partial charge in [0.2, 0.25) is 0 Å². The summed E-state index contributed by atoms with van der Waals surface area (Å²) < 4.78 is 0. The van der Waals surface area contributed by atoms with Crippen molar-refractivity contribution in [1.29, 1.82) is 0 Å². The van der Waals surface area contributed by atoms with Crippen molar-refractivity contribution >= 4 is 0 Å². The summed E-state index contributed by atoms with van der Waals surface area (Å²) in [5, 5.41) is 3.80. The van der Waals surface area contributed by atoms with Crippen molar-refractivity contribution in [3.05, 3.63) is 0 Å². The Hall–Kier alpha value is -0.0800. The first-order valence-electron chi connectivity index (χ1n) is 9.13. The van der Waals surface area contributed by atoms with Gasteiger partial charge >= 0.3 is 0 Å². The van der Waals surface area contributed by atoms with E-state index in [2.05, 4.69) is 24.1 Å². The van der Waals surface area contributed by atoms with Crippen LogP contribution >= 0.6 is 0 Å². The van der Waals surface area contributed by atoms with E-state index in [-0.39, 0.29) is 0 Å². The van der Waals surface area contributed by atoms with E-state index in [1.54, 1.807) is 19.3 Å². The summed E-state index contributed by atoms with van der Waals surface area (Å²) in [6, 6.07) is 0.713. The van der Waals surface area contributed by atoms with Crippen molar-refractivity contribution in [2.24, 2.45) is 23.7 Å². The molecule has 0 spiro atoms. The lowest BCUT2D eigenvalue weighted by Gasteiger charge is -2.61. The summed E-state index contributed by atoms with van der Waals surface area (Å²) in [4.78, 5) is 2.96. The van der Waals surface area contributed by atoms with E-state index in [1.165, 1.54) is 45.3 Å². The van der Waals surface area contributed by atoms with Gasteiger partial charge < -0.3 is 5.32 Å². The summed E-state index contributed by atoms with van der Waals surface area (Å²) >= 11 is 0. The molecule has 2 heteroatoms. The fraction of sp³-hybridized carbons (Fsp3) is 1.00. The smallest absolute Gasteiger partial charge is 0.0218 e. The molecule has 1 atom stereocenters. The van der Waals surface area contributed by atoms with Gasteiger partial charge in [-0.1, -0.05) is 13.8 Å². The van der Waals surface area contributed by atoms with Crippen LogP contribution in [-0.2, 0) is 0 Å². The highest BCUT2D eigenvalue weighted by atomic mass is 15.2. The largest absolute Gasteiger partial charge is 0.312 e. The molecular weight excluding hydrogens is 244 g/mol. The van der Waals surface area contributed by atoms with Gasteiger partial charge in [0.05, 0.1) is 0 Å². The Bertz CT molecular complexity index is 327. The first kappa shape index (κ1) is 13.6. The fourth-order valence-electron chi connectivity index (χ4n) is 6.28. The van der Waals surface area contributed by atoms with Crippen molar-refractivity contribution < 1.29 is 0 Å². The molecule has 0 aromatic rings. The van der Waals surface area contributed by atoms with Gasteiger partial charge in [0.15, 0.2) is 0 Å². The predicted octanol–water partition coefficient (Wildman–Crippen LogP) is 3.28. The quantitative estimate of drug-likeness (QED) is 0.832. The molecule has 1 N–H and O–H groups in total. The van der Waals surface area contributed by atoms with Gasteiger partial charge in [-0.25, -0.2) is 0 Å². The van der Waals surface area contributed by atoms with Gasteiger partial charge in [-0.3, -0.25) is 4.90 Å². The third-order valence-corrected chi connectivity index (χ3v) is 6.91. The molecule has 0 amide bonds. The van der Waals surface area contributed by atoms with E-state index in [9.17, 15) is 0 Å². The van der Waals surface area contributed by atoms with Gasteiger partial charge in [0, 0.05) is 18.1 Å². The molecule has 4 saturated carbocycles. The standard InChI is InChI=1S/C18H32N2/c1-13(2)17-12-20(5-3-4-19-17)18-9-14-6-15(10-18)8-16(7-14)11-18/h13-17,19H,3-12H2,1-2H3. The summed E-state index contributed by atoms with van der Waals surface area (Å²) in [5.41, 5.74) is 0.619. The van der Waals surface area contributed by atoms with Gasteiger partial charge in [-0.05, 0) is 81.7 Å². The molecule has 20 heavy (non-hydrogen) atoms. The Morgan fingerprint density at radius 2 is 1.60 bits per heavy atom. The molecule has 5 fully saturated rings. The van der Waals surface area contributed by atoms with Crippen LogP contribution in [0.1, 0.15) is 58.8 Å². The molecule has 5 aliphatic rings. The van der Waals surface area contributed by atoms with Gasteiger partial charge in [-0.2, -0.15) is 0 Å². The lowest BCUT2D eigenvalue weighted by molar-refractivity contribution is -0.0899. The third-order valence-electron chi connectivity index (χ3n) is 6.91. The molecule has 1 heterocycles. The lowest BCUT2D eigenvalue weighted by atomic mass is 9.52. The van der Waals surface area contributed by atoms with Crippen LogP contribution < -0.4 is 5.32 Å². The van der Waals surface area contributed by atoms with Crippen LogP contribution in [0.5, 0.6) is 0 Å². The van der Waals surface area contributed by atoms with Crippen LogP contribution in [0.15, 0.2) is 0 Å². The van der Waals surface area contributed by atoms with Gasteiger partial charge in [0.25, 0.3) is 0 Å². The number of nitrogens with one attached hydrogen (secondary N) is 1. The van der Waals surface area contributed by atoms with Crippen LogP contribution in [-0.4, -0.2) is 36.1 Å². The topological polar surface area (TPSA) is 15.3 Å². The van der Waals surface area contributed by atoms with Crippen LogP contribution in [0, 0.1) is 23.7 Å². The minimum Gasteiger partial charge on any atom is -0.312 e. The molecule has 4 bridgehead atoms. The number of hydrogen-bond acceptors (Lipinski definition) is 2. The number of nitrogens with zero attached hydrogens (tertiary/aromatic N) is 1. The maximum Gasteiger partial charge on any atom is 0.0218 e. The molecule has 114 valence electrons. The second kappa shape index (κ2) is 4.98. The van der Waals surface area contributed by atoms with E-state index in [0.29, 0.717) is 11.6 Å². The normalized spacial score (nSPS) is 48.8. The highest BCUT2D eigenvalue weighted by Gasteiger charge is 2.53. The second-order valence-corrected chi connectivity index (χ2v) is 8.75. The Balaban J connectivity index is 1.56. The maximum atomic E-state index is 3.80. The zero-order chi connectivity index (χ0) is 13.7. The van der Waals surface area contributed by atoms with Crippen LogP contribution in [0.3, 0.4) is 0 Å². The Morgan fingerprint density at radius 3 is 2.15 bits per heavy atom. The molecule has 1 unspecified atom stereocenters. The van der Waals surface area contributed by atoms with Crippen molar-refractivity contribution in [2.75, 3.05) is 19.6 Å². The van der Waals surface area contributed by atoms with Crippen molar-refractivity contribution in [1.82, 2.24) is 10.2 Å². The average Bonchev–Trinajstić information content (AvgIpc) is 2.63. The highest BCUT2D eigenvalue weighted by molar-refractivity contribution is 5.08. The third kappa shape index (κ3) is 2.23. The molecule has 0 aromatic carbocycles. The zero-order valence-corrected chi connectivity index (χ0v) is 13.4. The molecule has 5 rings (SSSR count). The summed E-state index contributed by atoms with van der Waals surface area (Å²) in [7, 11) is 0. The first-order valence-corrected chi connectivity index (χ1v) is 9.13. The zero-order valence-electron chi connectivity index (χ0n) is 13.4. The monoisotopic (exact) mass is 276 g/mol. The maximum absolute atomic E-state index is 3.80. The number of hydrogen-bond donors (Lipinski definition) is 1. The summed E-state index contributed by atoms with van der Waals surface area (Å²) in [6.07, 6.45) is 10.7. The van der Waals surface area contributed by atoms with E-state index in [1.807, 2.05) is 0 Å².